The molecule has 2 unspecified atom stereocenters. The van der Waals surface area contributed by atoms with Gasteiger partial charge in [0.15, 0.2) is 0 Å². The maximum atomic E-state index is 6.00. The van der Waals surface area contributed by atoms with Crippen LogP contribution in [0.5, 0.6) is 0 Å². The van der Waals surface area contributed by atoms with Gasteiger partial charge in [-0.2, -0.15) is 0 Å². The highest BCUT2D eigenvalue weighted by molar-refractivity contribution is 5.10. The zero-order chi connectivity index (χ0) is 11.8. The molecular weight excluding hydrogens is 212 g/mol. The summed E-state index contributed by atoms with van der Waals surface area (Å²) in [5.74, 6) is 0.807. The minimum Gasteiger partial charge on any atom is -0.330 e. The van der Waals surface area contributed by atoms with Gasteiger partial charge in [0.05, 0.1) is 18.1 Å². The lowest BCUT2D eigenvalue weighted by Gasteiger charge is -2.27. The highest BCUT2D eigenvalue weighted by Gasteiger charge is 2.32. The van der Waals surface area contributed by atoms with E-state index < -0.39 is 0 Å². The van der Waals surface area contributed by atoms with Crippen molar-refractivity contribution < 1.29 is 0 Å². The van der Waals surface area contributed by atoms with Gasteiger partial charge in [-0.05, 0) is 31.7 Å². The molecular formula is C13H22N4. The van der Waals surface area contributed by atoms with Crippen molar-refractivity contribution in [1.29, 1.82) is 0 Å². The topological polar surface area (TPSA) is 47.1 Å². The van der Waals surface area contributed by atoms with Crippen LogP contribution in [0, 0.1) is 5.92 Å². The molecule has 2 fully saturated rings. The molecule has 3 rings (SSSR count). The molecule has 1 aromatic heterocycles. The Morgan fingerprint density at radius 3 is 2.88 bits per heavy atom. The average Bonchev–Trinajstić information content (AvgIpc) is 2.91. The predicted octanol–water partition coefficient (Wildman–Crippen LogP) is 1.56. The number of imidazole rings is 1. The minimum atomic E-state index is 0.364. The minimum absolute atomic E-state index is 0.364. The van der Waals surface area contributed by atoms with Crippen molar-refractivity contribution in [3.8, 4) is 0 Å². The number of rotatable bonds is 4. The SMILES string of the molecule is CC1CCN(C(CN)c2cncn2C2CC2)C1. The molecule has 1 aliphatic carbocycles. The highest BCUT2D eigenvalue weighted by atomic mass is 15.2. The first-order valence-electron chi connectivity index (χ1n) is 6.75. The Balaban J connectivity index is 1.81. The van der Waals surface area contributed by atoms with E-state index in [9.17, 15) is 0 Å². The maximum absolute atomic E-state index is 6.00. The van der Waals surface area contributed by atoms with Gasteiger partial charge >= 0.3 is 0 Å². The summed E-state index contributed by atoms with van der Waals surface area (Å²) in [7, 11) is 0. The molecule has 4 nitrogen and oxygen atoms in total. The van der Waals surface area contributed by atoms with E-state index in [1.165, 1.54) is 38.0 Å². The normalized spacial score (nSPS) is 27.5. The van der Waals surface area contributed by atoms with E-state index >= 15 is 0 Å². The number of likely N-dealkylation sites (tertiary alicyclic amines) is 1. The molecule has 0 radical (unpaired) electrons. The van der Waals surface area contributed by atoms with Crippen LogP contribution in [0.1, 0.15) is 44.0 Å². The van der Waals surface area contributed by atoms with Crippen LogP contribution in [0.25, 0.3) is 0 Å². The molecule has 2 heterocycles. The molecule has 1 aromatic rings. The molecule has 2 atom stereocenters. The molecule has 0 amide bonds. The Kier molecular flexibility index (Phi) is 2.92. The van der Waals surface area contributed by atoms with Gasteiger partial charge in [-0.3, -0.25) is 4.90 Å². The van der Waals surface area contributed by atoms with Crippen LogP contribution < -0.4 is 5.73 Å². The Bertz CT molecular complexity index is 383. The largest absolute Gasteiger partial charge is 0.330 e. The van der Waals surface area contributed by atoms with Crippen LogP contribution in [0.4, 0.5) is 0 Å². The van der Waals surface area contributed by atoms with Gasteiger partial charge in [0.25, 0.3) is 0 Å². The van der Waals surface area contributed by atoms with Crippen LogP contribution in [0.2, 0.25) is 0 Å². The zero-order valence-electron chi connectivity index (χ0n) is 10.5. The van der Waals surface area contributed by atoms with Crippen molar-refractivity contribution in [1.82, 2.24) is 14.5 Å². The van der Waals surface area contributed by atoms with Crippen LogP contribution >= 0.6 is 0 Å². The van der Waals surface area contributed by atoms with E-state index in [1.807, 2.05) is 12.5 Å². The summed E-state index contributed by atoms with van der Waals surface area (Å²) in [4.78, 5) is 6.85. The monoisotopic (exact) mass is 234 g/mol. The van der Waals surface area contributed by atoms with Gasteiger partial charge in [-0.1, -0.05) is 6.92 Å². The number of hydrogen-bond donors (Lipinski definition) is 1. The summed E-state index contributed by atoms with van der Waals surface area (Å²) < 4.78 is 2.35. The van der Waals surface area contributed by atoms with Crippen molar-refractivity contribution in [2.75, 3.05) is 19.6 Å². The zero-order valence-corrected chi connectivity index (χ0v) is 10.5. The van der Waals surface area contributed by atoms with E-state index in [2.05, 4.69) is 21.4 Å². The second-order valence-corrected chi connectivity index (χ2v) is 5.60. The third-order valence-electron chi connectivity index (χ3n) is 4.10. The summed E-state index contributed by atoms with van der Waals surface area (Å²) in [6.45, 7) is 5.38. The molecule has 1 saturated heterocycles. The number of hydrogen-bond acceptors (Lipinski definition) is 3. The van der Waals surface area contributed by atoms with Crippen molar-refractivity contribution in [2.24, 2.45) is 11.7 Å². The number of aromatic nitrogens is 2. The maximum Gasteiger partial charge on any atom is 0.0951 e. The van der Waals surface area contributed by atoms with Gasteiger partial charge in [0.2, 0.25) is 0 Å². The van der Waals surface area contributed by atoms with E-state index in [-0.39, 0.29) is 0 Å². The first kappa shape index (κ1) is 11.2. The van der Waals surface area contributed by atoms with Crippen molar-refractivity contribution >= 4 is 0 Å². The fourth-order valence-corrected chi connectivity index (χ4v) is 2.94. The quantitative estimate of drug-likeness (QED) is 0.860. The summed E-state index contributed by atoms with van der Waals surface area (Å²) >= 11 is 0. The second-order valence-electron chi connectivity index (χ2n) is 5.60. The molecule has 0 bridgehead atoms. The Labute approximate surface area is 103 Å². The van der Waals surface area contributed by atoms with Crippen LogP contribution in [-0.4, -0.2) is 34.1 Å². The van der Waals surface area contributed by atoms with Crippen molar-refractivity contribution in [3.05, 3.63) is 18.2 Å². The molecule has 17 heavy (non-hydrogen) atoms. The number of nitrogens with zero attached hydrogens (tertiary/aromatic N) is 3. The third-order valence-corrected chi connectivity index (χ3v) is 4.10. The molecule has 4 heteroatoms. The lowest BCUT2D eigenvalue weighted by atomic mass is 10.1. The highest BCUT2D eigenvalue weighted by Crippen LogP contribution is 2.38. The summed E-state index contributed by atoms with van der Waals surface area (Å²) in [6.07, 6.45) is 7.90. The van der Waals surface area contributed by atoms with Gasteiger partial charge in [0.1, 0.15) is 0 Å². The predicted molar refractivity (Wildman–Crippen MR) is 67.6 cm³/mol. The lowest BCUT2D eigenvalue weighted by molar-refractivity contribution is 0.234. The Morgan fingerprint density at radius 2 is 2.29 bits per heavy atom. The summed E-state index contributed by atoms with van der Waals surface area (Å²) in [6, 6.07) is 1.06. The van der Waals surface area contributed by atoms with Crippen LogP contribution in [0.3, 0.4) is 0 Å². The molecule has 1 saturated carbocycles. The van der Waals surface area contributed by atoms with Gasteiger partial charge < -0.3 is 10.3 Å². The number of nitrogens with two attached hydrogens (primary N) is 1. The van der Waals surface area contributed by atoms with Crippen LogP contribution in [0.15, 0.2) is 12.5 Å². The smallest absolute Gasteiger partial charge is 0.0951 e. The second kappa shape index (κ2) is 4.42. The van der Waals surface area contributed by atoms with Gasteiger partial charge in [-0.25, -0.2) is 4.98 Å². The molecule has 94 valence electrons. The summed E-state index contributed by atoms with van der Waals surface area (Å²) in [5, 5.41) is 0. The molecule has 2 N–H and O–H groups in total. The van der Waals surface area contributed by atoms with E-state index in [4.69, 9.17) is 5.73 Å². The van der Waals surface area contributed by atoms with E-state index in [1.54, 1.807) is 0 Å². The first-order valence-corrected chi connectivity index (χ1v) is 6.75. The molecule has 2 aliphatic rings. The third kappa shape index (κ3) is 2.11. The standard InChI is InChI=1S/C13H22N4/c1-10-4-5-16(8-10)12(6-14)13-7-15-9-17(13)11-2-3-11/h7,9-12H,2-6,8,14H2,1H3. The average molecular weight is 234 g/mol. The van der Waals surface area contributed by atoms with Crippen LogP contribution in [-0.2, 0) is 0 Å². The fraction of sp³-hybridized carbons (Fsp3) is 0.769. The molecule has 0 aromatic carbocycles. The van der Waals surface area contributed by atoms with Gasteiger partial charge in [0, 0.05) is 25.3 Å². The summed E-state index contributed by atoms with van der Waals surface area (Å²) in [5.41, 5.74) is 7.32. The lowest BCUT2D eigenvalue weighted by Crippen LogP contribution is -2.33. The van der Waals surface area contributed by atoms with Crippen molar-refractivity contribution in [2.45, 2.75) is 38.3 Å². The molecule has 1 aliphatic heterocycles. The van der Waals surface area contributed by atoms with Gasteiger partial charge in [-0.15, -0.1) is 0 Å². The van der Waals surface area contributed by atoms with Crippen molar-refractivity contribution in [3.63, 3.8) is 0 Å². The Hall–Kier alpha value is -0.870. The fourth-order valence-electron chi connectivity index (χ4n) is 2.94. The molecule has 0 spiro atoms. The Morgan fingerprint density at radius 1 is 1.47 bits per heavy atom. The first-order chi connectivity index (χ1) is 8.29. The van der Waals surface area contributed by atoms with E-state index in [0.717, 1.165) is 5.92 Å². The van der Waals surface area contributed by atoms with E-state index in [0.29, 0.717) is 18.6 Å².